The monoisotopic (exact) mass is 171 g/mol. The molecular formula is C9H17NO2. The number of nitrogens with zero attached hydrogens (tertiary/aromatic N) is 1. The van der Waals surface area contributed by atoms with Gasteiger partial charge in [-0.15, -0.1) is 0 Å². The molecule has 2 heterocycles. The van der Waals surface area contributed by atoms with Crippen LogP contribution in [0.1, 0.15) is 13.3 Å². The van der Waals surface area contributed by atoms with Crippen molar-refractivity contribution >= 4 is 0 Å². The van der Waals surface area contributed by atoms with Crippen LogP contribution >= 0.6 is 0 Å². The van der Waals surface area contributed by atoms with Gasteiger partial charge in [0.25, 0.3) is 0 Å². The van der Waals surface area contributed by atoms with Crippen LogP contribution in [0, 0.1) is 0 Å². The zero-order valence-electron chi connectivity index (χ0n) is 7.71. The summed E-state index contributed by atoms with van der Waals surface area (Å²) in [7, 11) is 0. The van der Waals surface area contributed by atoms with E-state index < -0.39 is 0 Å². The van der Waals surface area contributed by atoms with Crippen molar-refractivity contribution in [2.75, 3.05) is 39.5 Å². The minimum absolute atomic E-state index is 0.229. The average molecular weight is 171 g/mol. The molecule has 0 aromatic carbocycles. The Bertz CT molecular complexity index is 155. The predicted octanol–water partition coefficient (Wildman–Crippen LogP) is 0.498. The number of likely N-dealkylation sites (N-methyl/N-ethyl adjacent to an activating group) is 1. The second-order valence-corrected chi connectivity index (χ2v) is 3.66. The van der Waals surface area contributed by atoms with Crippen molar-refractivity contribution in [1.82, 2.24) is 4.90 Å². The van der Waals surface area contributed by atoms with Crippen molar-refractivity contribution in [1.29, 1.82) is 0 Å². The fourth-order valence-corrected chi connectivity index (χ4v) is 2.22. The smallest absolute Gasteiger partial charge is 0.0701 e. The summed E-state index contributed by atoms with van der Waals surface area (Å²) in [4.78, 5) is 2.50. The van der Waals surface area contributed by atoms with Gasteiger partial charge in [0.1, 0.15) is 0 Å². The van der Waals surface area contributed by atoms with Crippen LogP contribution in [0.5, 0.6) is 0 Å². The van der Waals surface area contributed by atoms with E-state index in [0.29, 0.717) is 0 Å². The Kier molecular flexibility index (Phi) is 2.35. The van der Waals surface area contributed by atoms with E-state index in [1.165, 1.54) is 0 Å². The van der Waals surface area contributed by atoms with Gasteiger partial charge in [-0.2, -0.15) is 0 Å². The Morgan fingerprint density at radius 3 is 2.67 bits per heavy atom. The van der Waals surface area contributed by atoms with Crippen LogP contribution in [0.3, 0.4) is 0 Å². The zero-order valence-corrected chi connectivity index (χ0v) is 7.71. The van der Waals surface area contributed by atoms with Gasteiger partial charge in [0.2, 0.25) is 0 Å². The van der Waals surface area contributed by atoms with Crippen LogP contribution in [0.25, 0.3) is 0 Å². The van der Waals surface area contributed by atoms with Gasteiger partial charge >= 0.3 is 0 Å². The maximum Gasteiger partial charge on any atom is 0.0701 e. The quantitative estimate of drug-likeness (QED) is 0.573. The molecule has 1 spiro atoms. The molecule has 0 aromatic heterocycles. The summed E-state index contributed by atoms with van der Waals surface area (Å²) in [5.74, 6) is 0. The SMILES string of the molecule is CCN1CCOC[C@@]12CCOC2. The molecule has 0 bridgehead atoms. The number of rotatable bonds is 1. The Morgan fingerprint density at radius 1 is 1.25 bits per heavy atom. The van der Waals surface area contributed by atoms with E-state index >= 15 is 0 Å². The topological polar surface area (TPSA) is 21.7 Å². The normalized spacial score (nSPS) is 37.8. The van der Waals surface area contributed by atoms with Crippen LogP contribution in [0.15, 0.2) is 0 Å². The van der Waals surface area contributed by atoms with Gasteiger partial charge in [-0.3, -0.25) is 4.90 Å². The Morgan fingerprint density at radius 2 is 2.00 bits per heavy atom. The van der Waals surface area contributed by atoms with Crippen molar-refractivity contribution in [3.05, 3.63) is 0 Å². The summed E-state index contributed by atoms with van der Waals surface area (Å²) in [5, 5.41) is 0. The van der Waals surface area contributed by atoms with Gasteiger partial charge in [-0.1, -0.05) is 6.92 Å². The maximum atomic E-state index is 5.52. The maximum absolute atomic E-state index is 5.52. The van der Waals surface area contributed by atoms with Crippen molar-refractivity contribution in [2.45, 2.75) is 18.9 Å². The fraction of sp³-hybridized carbons (Fsp3) is 1.00. The van der Waals surface area contributed by atoms with E-state index in [1.54, 1.807) is 0 Å². The van der Waals surface area contributed by atoms with Crippen molar-refractivity contribution in [3.8, 4) is 0 Å². The Balaban J connectivity index is 2.07. The third-order valence-electron chi connectivity index (χ3n) is 3.01. The molecule has 3 heteroatoms. The zero-order chi connectivity index (χ0) is 8.44. The average Bonchev–Trinajstić information content (AvgIpc) is 2.55. The highest BCUT2D eigenvalue weighted by Gasteiger charge is 2.42. The number of morpholine rings is 1. The lowest BCUT2D eigenvalue weighted by Gasteiger charge is -2.42. The molecule has 0 aromatic rings. The van der Waals surface area contributed by atoms with E-state index in [0.717, 1.165) is 45.9 Å². The fourth-order valence-electron chi connectivity index (χ4n) is 2.22. The van der Waals surface area contributed by atoms with Crippen LogP contribution in [0.2, 0.25) is 0 Å². The van der Waals surface area contributed by atoms with Gasteiger partial charge in [0.05, 0.1) is 25.4 Å². The van der Waals surface area contributed by atoms with Crippen molar-refractivity contribution < 1.29 is 9.47 Å². The summed E-state index contributed by atoms with van der Waals surface area (Å²) in [6, 6.07) is 0. The first-order valence-electron chi connectivity index (χ1n) is 4.78. The van der Waals surface area contributed by atoms with Gasteiger partial charge in [-0.25, -0.2) is 0 Å². The molecule has 3 nitrogen and oxygen atoms in total. The van der Waals surface area contributed by atoms with Crippen LogP contribution in [-0.2, 0) is 9.47 Å². The summed E-state index contributed by atoms with van der Waals surface area (Å²) in [5.41, 5.74) is 0.229. The van der Waals surface area contributed by atoms with E-state index in [1.807, 2.05) is 0 Å². The second-order valence-electron chi connectivity index (χ2n) is 3.66. The number of ether oxygens (including phenoxy) is 2. The van der Waals surface area contributed by atoms with E-state index in [-0.39, 0.29) is 5.54 Å². The third-order valence-corrected chi connectivity index (χ3v) is 3.01. The van der Waals surface area contributed by atoms with Crippen molar-refractivity contribution in [2.24, 2.45) is 0 Å². The van der Waals surface area contributed by atoms with Crippen LogP contribution in [0.4, 0.5) is 0 Å². The largest absolute Gasteiger partial charge is 0.379 e. The first-order valence-corrected chi connectivity index (χ1v) is 4.78. The highest BCUT2D eigenvalue weighted by molar-refractivity contribution is 4.95. The van der Waals surface area contributed by atoms with Crippen LogP contribution < -0.4 is 0 Å². The van der Waals surface area contributed by atoms with E-state index in [4.69, 9.17) is 9.47 Å². The third kappa shape index (κ3) is 1.26. The molecule has 0 radical (unpaired) electrons. The molecule has 2 aliphatic rings. The molecule has 0 saturated carbocycles. The summed E-state index contributed by atoms with van der Waals surface area (Å²) in [6.07, 6.45) is 1.14. The molecule has 2 saturated heterocycles. The van der Waals surface area contributed by atoms with E-state index in [2.05, 4.69) is 11.8 Å². The molecule has 1 atom stereocenters. The summed E-state index contributed by atoms with van der Waals surface area (Å²) >= 11 is 0. The van der Waals surface area contributed by atoms with Gasteiger partial charge in [0, 0.05) is 13.2 Å². The van der Waals surface area contributed by atoms with Gasteiger partial charge < -0.3 is 9.47 Å². The second kappa shape index (κ2) is 3.32. The molecule has 0 amide bonds. The lowest BCUT2D eigenvalue weighted by Crippen LogP contribution is -2.57. The highest BCUT2D eigenvalue weighted by Crippen LogP contribution is 2.28. The minimum atomic E-state index is 0.229. The molecule has 2 aliphatic heterocycles. The van der Waals surface area contributed by atoms with Gasteiger partial charge in [-0.05, 0) is 13.0 Å². The minimum Gasteiger partial charge on any atom is -0.379 e. The number of hydrogen-bond donors (Lipinski definition) is 0. The summed E-state index contributed by atoms with van der Waals surface area (Å²) < 4.78 is 11.0. The number of hydrogen-bond acceptors (Lipinski definition) is 3. The van der Waals surface area contributed by atoms with Crippen LogP contribution in [-0.4, -0.2) is 50.0 Å². The summed E-state index contributed by atoms with van der Waals surface area (Å²) in [6.45, 7) is 7.91. The molecule has 0 unspecified atom stereocenters. The predicted molar refractivity (Wildman–Crippen MR) is 46.2 cm³/mol. The molecule has 2 fully saturated rings. The molecule has 0 aliphatic carbocycles. The first-order chi connectivity index (χ1) is 5.87. The molecule has 0 N–H and O–H groups in total. The Hall–Kier alpha value is -0.120. The molecular weight excluding hydrogens is 154 g/mol. The lowest BCUT2D eigenvalue weighted by atomic mass is 9.96. The van der Waals surface area contributed by atoms with E-state index in [9.17, 15) is 0 Å². The Labute approximate surface area is 73.6 Å². The molecule has 12 heavy (non-hydrogen) atoms. The first kappa shape index (κ1) is 8.48. The lowest BCUT2D eigenvalue weighted by molar-refractivity contribution is -0.0681. The molecule has 70 valence electrons. The van der Waals surface area contributed by atoms with Gasteiger partial charge in [0.15, 0.2) is 0 Å². The highest BCUT2D eigenvalue weighted by atomic mass is 16.5. The molecule has 2 rings (SSSR count). The standard InChI is InChI=1S/C9H17NO2/c1-2-10-4-6-12-8-9(10)3-5-11-7-9/h2-8H2,1H3/t9-/m0/s1. The van der Waals surface area contributed by atoms with Crippen molar-refractivity contribution in [3.63, 3.8) is 0 Å².